The van der Waals surface area contributed by atoms with Gasteiger partial charge in [0.15, 0.2) is 5.78 Å². The van der Waals surface area contributed by atoms with Crippen molar-refractivity contribution in [2.45, 2.75) is 0 Å². The van der Waals surface area contributed by atoms with E-state index in [1.165, 1.54) is 17.4 Å². The third-order valence-corrected chi connectivity index (χ3v) is 2.75. The van der Waals surface area contributed by atoms with Crippen molar-refractivity contribution in [1.29, 1.82) is 0 Å². The van der Waals surface area contributed by atoms with Gasteiger partial charge in [0, 0.05) is 28.9 Å². The van der Waals surface area contributed by atoms with Crippen LogP contribution in [0, 0.1) is 0 Å². The van der Waals surface area contributed by atoms with Gasteiger partial charge in [0.25, 0.3) is 0 Å². The number of ketones is 1. The van der Waals surface area contributed by atoms with Crippen LogP contribution in [-0.4, -0.2) is 5.78 Å². The summed E-state index contributed by atoms with van der Waals surface area (Å²) in [6.07, 6.45) is 3.20. The standard InChI is InChI=1S/C13H11NOS/c15-13(11-7-9-16-10-11)6-8-14-12-4-2-1-3-5-12/h1-10,14H/b8-6+. The maximum Gasteiger partial charge on any atom is 0.188 e. The Balaban J connectivity index is 1.93. The molecule has 0 spiro atoms. The highest BCUT2D eigenvalue weighted by Crippen LogP contribution is 2.08. The topological polar surface area (TPSA) is 29.1 Å². The van der Waals surface area contributed by atoms with Gasteiger partial charge in [-0.25, -0.2) is 0 Å². The Morgan fingerprint density at radius 1 is 1.19 bits per heavy atom. The molecule has 1 aromatic carbocycles. The zero-order valence-electron chi connectivity index (χ0n) is 8.59. The van der Waals surface area contributed by atoms with Gasteiger partial charge in [-0.15, -0.1) is 0 Å². The molecular weight excluding hydrogens is 218 g/mol. The molecule has 0 aliphatic carbocycles. The summed E-state index contributed by atoms with van der Waals surface area (Å²) >= 11 is 1.52. The largest absolute Gasteiger partial charge is 0.362 e. The lowest BCUT2D eigenvalue weighted by Gasteiger charge is -1.98. The molecule has 0 amide bonds. The first-order valence-corrected chi connectivity index (χ1v) is 5.85. The number of carbonyl (C=O) groups is 1. The first-order chi connectivity index (χ1) is 7.86. The van der Waals surface area contributed by atoms with E-state index in [1.807, 2.05) is 47.2 Å². The van der Waals surface area contributed by atoms with Gasteiger partial charge in [-0.05, 0) is 23.6 Å². The predicted octanol–water partition coefficient (Wildman–Crippen LogP) is 3.56. The van der Waals surface area contributed by atoms with Gasteiger partial charge < -0.3 is 5.32 Å². The van der Waals surface area contributed by atoms with Crippen LogP contribution in [0.3, 0.4) is 0 Å². The molecule has 0 radical (unpaired) electrons. The lowest BCUT2D eigenvalue weighted by molar-refractivity contribution is 0.104. The second-order valence-electron chi connectivity index (χ2n) is 3.22. The number of carbonyl (C=O) groups excluding carboxylic acids is 1. The van der Waals surface area contributed by atoms with Crippen molar-refractivity contribution in [3.63, 3.8) is 0 Å². The van der Waals surface area contributed by atoms with E-state index in [0.717, 1.165) is 11.3 Å². The van der Waals surface area contributed by atoms with Crippen molar-refractivity contribution in [3.05, 3.63) is 65.0 Å². The molecule has 0 aliphatic heterocycles. The first-order valence-electron chi connectivity index (χ1n) is 4.91. The monoisotopic (exact) mass is 229 g/mol. The minimum absolute atomic E-state index is 0.0182. The Kier molecular flexibility index (Phi) is 3.51. The van der Waals surface area contributed by atoms with Crippen LogP contribution in [0.2, 0.25) is 0 Å². The van der Waals surface area contributed by atoms with Crippen LogP contribution in [0.15, 0.2) is 59.4 Å². The van der Waals surface area contributed by atoms with Gasteiger partial charge in [0.1, 0.15) is 0 Å². The fourth-order valence-corrected chi connectivity index (χ4v) is 1.89. The van der Waals surface area contributed by atoms with Gasteiger partial charge in [-0.1, -0.05) is 18.2 Å². The summed E-state index contributed by atoms with van der Waals surface area (Å²) in [5.41, 5.74) is 1.70. The molecule has 0 saturated carbocycles. The van der Waals surface area contributed by atoms with E-state index in [0.29, 0.717) is 0 Å². The molecule has 3 heteroatoms. The van der Waals surface area contributed by atoms with Crippen LogP contribution in [0.1, 0.15) is 10.4 Å². The van der Waals surface area contributed by atoms with E-state index >= 15 is 0 Å². The Hall–Kier alpha value is -1.87. The van der Waals surface area contributed by atoms with E-state index in [4.69, 9.17) is 0 Å². The zero-order chi connectivity index (χ0) is 11.2. The molecule has 0 unspecified atom stereocenters. The molecule has 0 saturated heterocycles. The average molecular weight is 229 g/mol. The Bertz CT molecular complexity index is 474. The Morgan fingerprint density at radius 3 is 2.69 bits per heavy atom. The number of para-hydroxylation sites is 1. The summed E-state index contributed by atoms with van der Waals surface area (Å²) in [6.45, 7) is 0. The molecule has 1 aromatic heterocycles. The normalized spacial score (nSPS) is 10.5. The summed E-state index contributed by atoms with van der Waals surface area (Å²) < 4.78 is 0. The lowest BCUT2D eigenvalue weighted by atomic mass is 10.2. The smallest absolute Gasteiger partial charge is 0.188 e. The Morgan fingerprint density at radius 2 is 2.00 bits per heavy atom. The number of nitrogens with one attached hydrogen (secondary N) is 1. The van der Waals surface area contributed by atoms with Crippen LogP contribution in [-0.2, 0) is 0 Å². The minimum Gasteiger partial charge on any atom is -0.362 e. The van der Waals surface area contributed by atoms with Crippen LogP contribution < -0.4 is 5.32 Å². The second-order valence-corrected chi connectivity index (χ2v) is 4.00. The molecule has 2 rings (SSSR count). The Labute approximate surface area is 98.2 Å². The van der Waals surface area contributed by atoms with Gasteiger partial charge in [-0.2, -0.15) is 11.3 Å². The molecule has 0 aliphatic rings. The van der Waals surface area contributed by atoms with Crippen molar-refractivity contribution >= 4 is 22.8 Å². The predicted molar refractivity (Wildman–Crippen MR) is 67.9 cm³/mol. The van der Waals surface area contributed by atoms with Gasteiger partial charge in [-0.3, -0.25) is 4.79 Å². The molecule has 1 heterocycles. The molecule has 1 N–H and O–H groups in total. The molecule has 2 aromatic rings. The van der Waals surface area contributed by atoms with Crippen LogP contribution in [0.4, 0.5) is 5.69 Å². The first kappa shape index (κ1) is 10.6. The molecule has 0 bridgehead atoms. The maximum absolute atomic E-state index is 11.6. The third kappa shape index (κ3) is 2.81. The van der Waals surface area contributed by atoms with Crippen LogP contribution >= 0.6 is 11.3 Å². The quantitative estimate of drug-likeness (QED) is 0.641. The number of anilines is 1. The van der Waals surface area contributed by atoms with Gasteiger partial charge in [0.2, 0.25) is 0 Å². The van der Waals surface area contributed by atoms with Crippen molar-refractivity contribution in [3.8, 4) is 0 Å². The zero-order valence-corrected chi connectivity index (χ0v) is 9.41. The van der Waals surface area contributed by atoms with E-state index in [1.54, 1.807) is 6.20 Å². The SMILES string of the molecule is O=C(/C=C/Nc1ccccc1)c1ccsc1. The fourth-order valence-electron chi connectivity index (χ4n) is 1.25. The average Bonchev–Trinajstić information content (AvgIpc) is 2.84. The van der Waals surface area contributed by atoms with Crippen molar-refractivity contribution in [1.82, 2.24) is 0 Å². The number of benzene rings is 1. The maximum atomic E-state index is 11.6. The third-order valence-electron chi connectivity index (χ3n) is 2.06. The molecule has 80 valence electrons. The highest BCUT2D eigenvalue weighted by molar-refractivity contribution is 7.08. The van der Waals surface area contributed by atoms with Crippen molar-refractivity contribution < 1.29 is 4.79 Å². The highest BCUT2D eigenvalue weighted by atomic mass is 32.1. The van der Waals surface area contributed by atoms with E-state index in [9.17, 15) is 4.79 Å². The summed E-state index contributed by atoms with van der Waals surface area (Å²) in [7, 11) is 0. The van der Waals surface area contributed by atoms with Crippen molar-refractivity contribution in [2.24, 2.45) is 0 Å². The lowest BCUT2D eigenvalue weighted by Crippen LogP contribution is -1.93. The van der Waals surface area contributed by atoms with Gasteiger partial charge >= 0.3 is 0 Å². The number of hydrogen-bond donors (Lipinski definition) is 1. The van der Waals surface area contributed by atoms with E-state index in [2.05, 4.69) is 5.32 Å². The number of hydrogen-bond acceptors (Lipinski definition) is 3. The van der Waals surface area contributed by atoms with Crippen LogP contribution in [0.25, 0.3) is 0 Å². The minimum atomic E-state index is 0.0182. The summed E-state index contributed by atoms with van der Waals surface area (Å²) in [5, 5.41) is 6.78. The number of allylic oxidation sites excluding steroid dienone is 1. The molecule has 0 fully saturated rings. The van der Waals surface area contributed by atoms with Gasteiger partial charge in [0.05, 0.1) is 0 Å². The summed E-state index contributed by atoms with van der Waals surface area (Å²) in [5.74, 6) is 0.0182. The molecular formula is C13H11NOS. The number of rotatable bonds is 4. The summed E-state index contributed by atoms with van der Waals surface area (Å²) in [6, 6.07) is 11.5. The second kappa shape index (κ2) is 5.28. The number of thiophene rings is 1. The highest BCUT2D eigenvalue weighted by Gasteiger charge is 1.99. The molecule has 16 heavy (non-hydrogen) atoms. The van der Waals surface area contributed by atoms with E-state index in [-0.39, 0.29) is 5.78 Å². The van der Waals surface area contributed by atoms with E-state index < -0.39 is 0 Å². The van der Waals surface area contributed by atoms with Crippen molar-refractivity contribution in [2.75, 3.05) is 5.32 Å². The fraction of sp³-hybridized carbons (Fsp3) is 0. The molecule has 0 atom stereocenters. The molecule has 2 nitrogen and oxygen atoms in total. The summed E-state index contributed by atoms with van der Waals surface area (Å²) in [4.78, 5) is 11.6. The van der Waals surface area contributed by atoms with Crippen LogP contribution in [0.5, 0.6) is 0 Å².